The minimum atomic E-state index is -0.789. The predicted octanol–water partition coefficient (Wildman–Crippen LogP) is 3.79. The van der Waals surface area contributed by atoms with Gasteiger partial charge in [0.15, 0.2) is 0 Å². The summed E-state index contributed by atoms with van der Waals surface area (Å²) in [6.45, 7) is 0. The molecular formula is C15H14BrF2NO2. The van der Waals surface area contributed by atoms with Crippen molar-refractivity contribution in [3.8, 4) is 11.5 Å². The molecule has 2 aromatic rings. The van der Waals surface area contributed by atoms with Gasteiger partial charge in [0.1, 0.15) is 27.6 Å². The van der Waals surface area contributed by atoms with Gasteiger partial charge in [-0.05, 0) is 34.1 Å². The Kier molecular flexibility index (Phi) is 4.80. The molecule has 0 saturated carbocycles. The number of ether oxygens (including phenoxy) is 2. The van der Waals surface area contributed by atoms with Crippen molar-refractivity contribution in [1.82, 2.24) is 0 Å². The molecule has 0 aliphatic carbocycles. The summed E-state index contributed by atoms with van der Waals surface area (Å²) < 4.78 is 37.9. The fourth-order valence-electron chi connectivity index (χ4n) is 2.08. The molecule has 6 heteroatoms. The fraction of sp³-hybridized carbons (Fsp3) is 0.200. The highest BCUT2D eigenvalue weighted by molar-refractivity contribution is 9.10. The minimum Gasteiger partial charge on any atom is -0.495 e. The van der Waals surface area contributed by atoms with Crippen molar-refractivity contribution in [1.29, 1.82) is 0 Å². The normalized spacial score (nSPS) is 12.1. The van der Waals surface area contributed by atoms with Gasteiger partial charge in [-0.25, -0.2) is 8.78 Å². The van der Waals surface area contributed by atoms with E-state index in [1.807, 2.05) is 0 Å². The van der Waals surface area contributed by atoms with Crippen molar-refractivity contribution in [2.24, 2.45) is 5.73 Å². The number of methoxy groups -OCH3 is 2. The zero-order chi connectivity index (χ0) is 15.6. The predicted molar refractivity (Wildman–Crippen MR) is 79.6 cm³/mol. The molecule has 0 saturated heterocycles. The van der Waals surface area contributed by atoms with Gasteiger partial charge in [0.2, 0.25) is 0 Å². The maximum Gasteiger partial charge on any atom is 0.141 e. The highest BCUT2D eigenvalue weighted by atomic mass is 79.9. The van der Waals surface area contributed by atoms with Crippen LogP contribution in [0.3, 0.4) is 0 Å². The summed E-state index contributed by atoms with van der Waals surface area (Å²) in [5.41, 5.74) is 6.85. The molecule has 0 heterocycles. The lowest BCUT2D eigenvalue weighted by atomic mass is 9.98. The van der Waals surface area contributed by atoms with Gasteiger partial charge in [-0.2, -0.15) is 0 Å². The van der Waals surface area contributed by atoms with Gasteiger partial charge in [0.05, 0.1) is 20.3 Å². The van der Waals surface area contributed by atoms with Crippen LogP contribution in [0.5, 0.6) is 11.5 Å². The smallest absolute Gasteiger partial charge is 0.141 e. The number of halogens is 3. The van der Waals surface area contributed by atoms with E-state index in [1.54, 1.807) is 12.1 Å². The van der Waals surface area contributed by atoms with E-state index < -0.39 is 17.7 Å². The Balaban J connectivity index is 2.52. The van der Waals surface area contributed by atoms with Crippen LogP contribution in [0.1, 0.15) is 17.2 Å². The first-order valence-electron chi connectivity index (χ1n) is 6.10. The highest BCUT2D eigenvalue weighted by Gasteiger charge is 2.21. The van der Waals surface area contributed by atoms with E-state index in [2.05, 4.69) is 15.9 Å². The second-order valence-corrected chi connectivity index (χ2v) is 5.14. The van der Waals surface area contributed by atoms with E-state index >= 15 is 0 Å². The van der Waals surface area contributed by atoms with Gasteiger partial charge in [0, 0.05) is 17.2 Å². The molecule has 0 aromatic heterocycles. The zero-order valence-electron chi connectivity index (χ0n) is 11.5. The summed E-state index contributed by atoms with van der Waals surface area (Å²) in [5.74, 6) is -0.323. The fourth-order valence-corrected chi connectivity index (χ4v) is 2.77. The van der Waals surface area contributed by atoms with Crippen LogP contribution in [0.15, 0.2) is 34.8 Å². The topological polar surface area (TPSA) is 44.5 Å². The third-order valence-electron chi connectivity index (χ3n) is 3.15. The molecule has 1 atom stereocenters. The minimum absolute atomic E-state index is 0.187. The lowest BCUT2D eigenvalue weighted by Crippen LogP contribution is -2.15. The maximum absolute atomic E-state index is 13.9. The maximum atomic E-state index is 13.9. The van der Waals surface area contributed by atoms with Crippen molar-refractivity contribution < 1.29 is 18.3 Å². The molecule has 0 amide bonds. The molecule has 0 spiro atoms. The molecule has 0 fully saturated rings. The summed E-state index contributed by atoms with van der Waals surface area (Å²) in [7, 11) is 3.01. The molecule has 1 unspecified atom stereocenters. The van der Waals surface area contributed by atoms with Crippen molar-refractivity contribution >= 4 is 15.9 Å². The Bertz CT molecular complexity index is 664. The number of nitrogens with two attached hydrogens (primary N) is 1. The molecule has 0 aliphatic rings. The molecule has 2 rings (SSSR count). The van der Waals surface area contributed by atoms with Gasteiger partial charge in [-0.3, -0.25) is 0 Å². The molecule has 2 aromatic carbocycles. The van der Waals surface area contributed by atoms with E-state index in [-0.39, 0.29) is 5.56 Å². The average Bonchev–Trinajstić information content (AvgIpc) is 2.46. The lowest BCUT2D eigenvalue weighted by Gasteiger charge is -2.19. The molecular weight excluding hydrogens is 344 g/mol. The van der Waals surface area contributed by atoms with Crippen molar-refractivity contribution in [3.05, 3.63) is 57.6 Å². The van der Waals surface area contributed by atoms with Crippen LogP contribution in [-0.4, -0.2) is 14.2 Å². The van der Waals surface area contributed by atoms with E-state index in [0.29, 0.717) is 21.5 Å². The molecule has 3 nitrogen and oxygen atoms in total. The monoisotopic (exact) mass is 357 g/mol. The Hall–Kier alpha value is -1.66. The second kappa shape index (κ2) is 6.41. The second-order valence-electron chi connectivity index (χ2n) is 4.35. The number of hydrogen-bond donors (Lipinski definition) is 1. The third-order valence-corrected chi connectivity index (χ3v) is 3.90. The third kappa shape index (κ3) is 3.01. The van der Waals surface area contributed by atoms with Crippen molar-refractivity contribution in [2.45, 2.75) is 6.04 Å². The Labute approximate surface area is 129 Å². The Morgan fingerprint density at radius 3 is 2.29 bits per heavy atom. The van der Waals surface area contributed by atoms with Crippen LogP contribution in [0.25, 0.3) is 0 Å². The summed E-state index contributed by atoms with van der Waals surface area (Å²) in [5, 5.41) is 0. The van der Waals surface area contributed by atoms with Crippen molar-refractivity contribution in [3.63, 3.8) is 0 Å². The van der Waals surface area contributed by atoms with Gasteiger partial charge in [0.25, 0.3) is 0 Å². The van der Waals surface area contributed by atoms with Crippen LogP contribution < -0.4 is 15.2 Å². The molecule has 0 radical (unpaired) electrons. The zero-order valence-corrected chi connectivity index (χ0v) is 13.1. The Morgan fingerprint density at radius 2 is 1.71 bits per heavy atom. The SMILES string of the molecule is COc1ccc(C(N)c2ccc(F)cc2F)c(OC)c1Br. The lowest BCUT2D eigenvalue weighted by molar-refractivity contribution is 0.384. The number of benzene rings is 2. The first-order chi connectivity index (χ1) is 9.99. The number of hydrogen-bond acceptors (Lipinski definition) is 3. The summed E-state index contributed by atoms with van der Waals surface area (Å²) in [4.78, 5) is 0. The molecule has 0 bridgehead atoms. The average molecular weight is 358 g/mol. The first-order valence-corrected chi connectivity index (χ1v) is 6.89. The van der Waals surface area contributed by atoms with Crippen LogP contribution in [0.4, 0.5) is 8.78 Å². The standard InChI is InChI=1S/C15H14BrF2NO2/c1-20-12-6-5-10(15(21-2)13(12)16)14(19)9-4-3-8(17)7-11(9)18/h3-7,14H,19H2,1-2H3. The van der Waals surface area contributed by atoms with Gasteiger partial charge in [-0.15, -0.1) is 0 Å². The van der Waals surface area contributed by atoms with E-state index in [4.69, 9.17) is 15.2 Å². The highest BCUT2D eigenvalue weighted by Crippen LogP contribution is 2.40. The summed E-state index contributed by atoms with van der Waals surface area (Å²) in [6, 6.07) is 5.90. The van der Waals surface area contributed by atoms with E-state index in [9.17, 15) is 8.78 Å². The van der Waals surface area contributed by atoms with Crippen LogP contribution >= 0.6 is 15.9 Å². The summed E-state index contributed by atoms with van der Waals surface area (Å²) >= 11 is 3.36. The van der Waals surface area contributed by atoms with Crippen LogP contribution in [-0.2, 0) is 0 Å². The van der Waals surface area contributed by atoms with Crippen molar-refractivity contribution in [2.75, 3.05) is 14.2 Å². The largest absolute Gasteiger partial charge is 0.495 e. The van der Waals surface area contributed by atoms with Gasteiger partial charge < -0.3 is 15.2 Å². The van der Waals surface area contributed by atoms with E-state index in [1.165, 1.54) is 26.4 Å². The molecule has 0 aliphatic heterocycles. The molecule has 21 heavy (non-hydrogen) atoms. The quantitative estimate of drug-likeness (QED) is 0.905. The molecule has 112 valence electrons. The van der Waals surface area contributed by atoms with E-state index in [0.717, 1.165) is 6.07 Å². The van der Waals surface area contributed by atoms with Gasteiger partial charge >= 0.3 is 0 Å². The molecule has 2 N–H and O–H groups in total. The van der Waals surface area contributed by atoms with Gasteiger partial charge in [-0.1, -0.05) is 6.07 Å². The first kappa shape index (κ1) is 15.7. The Morgan fingerprint density at radius 1 is 1.05 bits per heavy atom. The summed E-state index contributed by atoms with van der Waals surface area (Å²) in [6.07, 6.45) is 0. The number of rotatable bonds is 4. The van der Waals surface area contributed by atoms with Crippen LogP contribution in [0.2, 0.25) is 0 Å². The van der Waals surface area contributed by atoms with Crippen LogP contribution in [0, 0.1) is 11.6 Å².